The molecule has 2 aromatic carbocycles. The fraction of sp³-hybridized carbons (Fsp3) is 0.190. The molecule has 0 atom stereocenters. The highest BCUT2D eigenvalue weighted by molar-refractivity contribution is 5.88. The maximum Gasteiger partial charge on any atom is 0.151 e. The summed E-state index contributed by atoms with van der Waals surface area (Å²) in [6, 6.07) is 8.16. The van der Waals surface area contributed by atoms with Crippen LogP contribution >= 0.6 is 0 Å². The van der Waals surface area contributed by atoms with Gasteiger partial charge in [0, 0.05) is 36.1 Å². The minimum Gasteiger partial charge on any atom is -0.313 e. The Labute approximate surface area is 159 Å². The third-order valence-electron chi connectivity index (χ3n) is 5.06. The second-order valence-electron chi connectivity index (χ2n) is 7.00. The summed E-state index contributed by atoms with van der Waals surface area (Å²) < 4.78 is 30.8. The average molecular weight is 377 g/mol. The molecule has 3 heterocycles. The van der Waals surface area contributed by atoms with Crippen LogP contribution in [-0.4, -0.2) is 33.1 Å². The maximum absolute atomic E-state index is 14.8. The lowest BCUT2D eigenvalue weighted by atomic mass is 9.98. The number of aromatic nitrogens is 4. The summed E-state index contributed by atoms with van der Waals surface area (Å²) in [5.41, 5.74) is 3.68. The van der Waals surface area contributed by atoms with Gasteiger partial charge < -0.3 is 5.32 Å². The standard InChI is InChI=1S/C21H17F2N5/c1-28-11-15-6-14(8-18(23)21(15)27-28)19-10-16-17(22)7-13(9-20(16)26-25-19)12-2-4-24-5-3-12/h2,6-11,24H,3-5H2,1H3. The van der Waals surface area contributed by atoms with Crippen molar-refractivity contribution >= 4 is 27.4 Å². The van der Waals surface area contributed by atoms with Gasteiger partial charge in [-0.2, -0.15) is 5.10 Å². The van der Waals surface area contributed by atoms with Gasteiger partial charge in [0.15, 0.2) is 5.82 Å². The molecule has 0 unspecified atom stereocenters. The van der Waals surface area contributed by atoms with Crippen molar-refractivity contribution in [3.63, 3.8) is 0 Å². The van der Waals surface area contributed by atoms with Crippen LogP contribution in [0.15, 0.2) is 42.6 Å². The molecule has 0 saturated heterocycles. The van der Waals surface area contributed by atoms with E-state index in [1.807, 2.05) is 6.07 Å². The molecule has 7 heteroatoms. The first-order valence-electron chi connectivity index (χ1n) is 9.09. The van der Waals surface area contributed by atoms with Gasteiger partial charge in [-0.3, -0.25) is 4.68 Å². The molecule has 1 N–H and O–H groups in total. The number of fused-ring (bicyclic) bond motifs is 2. The molecule has 4 aromatic rings. The van der Waals surface area contributed by atoms with Crippen molar-refractivity contribution in [2.75, 3.05) is 13.1 Å². The average Bonchev–Trinajstić information content (AvgIpc) is 3.09. The van der Waals surface area contributed by atoms with Crippen molar-refractivity contribution < 1.29 is 8.78 Å². The van der Waals surface area contributed by atoms with Gasteiger partial charge in [-0.1, -0.05) is 6.08 Å². The predicted octanol–water partition coefficient (Wildman–Crippen LogP) is 3.84. The smallest absolute Gasteiger partial charge is 0.151 e. The van der Waals surface area contributed by atoms with Crippen molar-refractivity contribution in [2.24, 2.45) is 7.05 Å². The number of halogens is 2. The van der Waals surface area contributed by atoms with E-state index in [1.165, 1.54) is 12.1 Å². The Balaban J connectivity index is 1.62. The number of hydrogen-bond acceptors (Lipinski definition) is 4. The zero-order valence-corrected chi connectivity index (χ0v) is 15.2. The highest BCUT2D eigenvalue weighted by atomic mass is 19.1. The lowest BCUT2D eigenvalue weighted by molar-refractivity contribution is 0.633. The summed E-state index contributed by atoms with van der Waals surface area (Å²) in [7, 11) is 1.74. The van der Waals surface area contributed by atoms with Crippen molar-refractivity contribution in [3.8, 4) is 11.3 Å². The van der Waals surface area contributed by atoms with E-state index in [2.05, 4.69) is 26.7 Å². The molecule has 0 radical (unpaired) electrons. The highest BCUT2D eigenvalue weighted by Gasteiger charge is 2.14. The van der Waals surface area contributed by atoms with Crippen LogP contribution in [0.25, 0.3) is 38.6 Å². The molecule has 5 rings (SSSR count). The Kier molecular flexibility index (Phi) is 3.91. The van der Waals surface area contributed by atoms with E-state index in [4.69, 9.17) is 0 Å². The van der Waals surface area contributed by atoms with Gasteiger partial charge in [0.25, 0.3) is 0 Å². The molecule has 5 nitrogen and oxygen atoms in total. The lowest BCUT2D eigenvalue weighted by Crippen LogP contribution is -2.20. The molecule has 2 aromatic heterocycles. The number of nitrogens with one attached hydrogen (secondary N) is 1. The minimum atomic E-state index is -0.441. The fourth-order valence-electron chi connectivity index (χ4n) is 3.67. The number of nitrogens with zero attached hydrogens (tertiary/aromatic N) is 4. The summed E-state index contributed by atoms with van der Waals surface area (Å²) in [4.78, 5) is 0. The second kappa shape index (κ2) is 6.45. The molecule has 140 valence electrons. The van der Waals surface area contributed by atoms with Crippen LogP contribution in [0.2, 0.25) is 0 Å². The first-order chi connectivity index (χ1) is 13.6. The van der Waals surface area contributed by atoms with Crippen LogP contribution in [0, 0.1) is 11.6 Å². The van der Waals surface area contributed by atoms with E-state index in [-0.39, 0.29) is 5.82 Å². The topological polar surface area (TPSA) is 55.6 Å². The van der Waals surface area contributed by atoms with Crippen LogP contribution in [0.3, 0.4) is 0 Å². The number of benzene rings is 2. The summed E-state index contributed by atoms with van der Waals surface area (Å²) in [5, 5.41) is 16.8. The first-order valence-corrected chi connectivity index (χ1v) is 9.09. The van der Waals surface area contributed by atoms with Gasteiger partial charge in [0.1, 0.15) is 11.3 Å². The number of rotatable bonds is 2. The van der Waals surface area contributed by atoms with Gasteiger partial charge in [-0.25, -0.2) is 8.78 Å². The lowest BCUT2D eigenvalue weighted by Gasteiger charge is -2.15. The first kappa shape index (κ1) is 16.9. The van der Waals surface area contributed by atoms with Crippen molar-refractivity contribution in [2.45, 2.75) is 6.42 Å². The van der Waals surface area contributed by atoms with Gasteiger partial charge >= 0.3 is 0 Å². The van der Waals surface area contributed by atoms with E-state index in [0.29, 0.717) is 33.1 Å². The van der Waals surface area contributed by atoms with Crippen molar-refractivity contribution in [1.29, 1.82) is 0 Å². The van der Waals surface area contributed by atoms with Crippen molar-refractivity contribution in [3.05, 3.63) is 59.8 Å². The Morgan fingerprint density at radius 2 is 1.86 bits per heavy atom. The summed E-state index contributed by atoms with van der Waals surface area (Å²) in [6.07, 6.45) is 4.65. The van der Waals surface area contributed by atoms with Gasteiger partial charge in [0.2, 0.25) is 0 Å². The van der Waals surface area contributed by atoms with E-state index in [0.717, 1.165) is 30.6 Å². The molecule has 0 saturated carbocycles. The quantitative estimate of drug-likeness (QED) is 0.577. The predicted molar refractivity (Wildman–Crippen MR) is 105 cm³/mol. The third kappa shape index (κ3) is 2.84. The Morgan fingerprint density at radius 1 is 1.00 bits per heavy atom. The van der Waals surface area contributed by atoms with Crippen molar-refractivity contribution in [1.82, 2.24) is 25.3 Å². The van der Waals surface area contributed by atoms with Crippen LogP contribution in [0.4, 0.5) is 8.78 Å². The third-order valence-corrected chi connectivity index (χ3v) is 5.06. The molecule has 0 amide bonds. The minimum absolute atomic E-state index is 0.297. The van der Waals surface area contributed by atoms with Gasteiger partial charge in [-0.15, -0.1) is 10.2 Å². The SMILES string of the molecule is Cn1cc2cc(-c3cc4c(F)cc(C5=CCNCC5)cc4nn3)cc(F)c2n1. The fourth-order valence-corrected chi connectivity index (χ4v) is 3.67. The summed E-state index contributed by atoms with van der Waals surface area (Å²) >= 11 is 0. The van der Waals surface area contributed by atoms with Crippen LogP contribution < -0.4 is 5.32 Å². The van der Waals surface area contributed by atoms with E-state index in [9.17, 15) is 8.78 Å². The normalized spacial score (nSPS) is 14.6. The molecule has 28 heavy (non-hydrogen) atoms. The Bertz CT molecular complexity index is 1260. The molecule has 0 aliphatic carbocycles. The zero-order valence-electron chi connectivity index (χ0n) is 15.2. The molecular weight excluding hydrogens is 360 g/mol. The number of aryl methyl sites for hydroxylation is 1. The molecule has 1 aliphatic heterocycles. The highest BCUT2D eigenvalue weighted by Crippen LogP contribution is 2.29. The zero-order chi connectivity index (χ0) is 19.3. The van der Waals surface area contributed by atoms with Crippen LogP contribution in [0.1, 0.15) is 12.0 Å². The molecular formula is C21H17F2N5. The molecule has 0 spiro atoms. The molecule has 0 fully saturated rings. The van der Waals surface area contributed by atoms with E-state index < -0.39 is 5.82 Å². The van der Waals surface area contributed by atoms with Crippen LogP contribution in [0.5, 0.6) is 0 Å². The van der Waals surface area contributed by atoms with Crippen LogP contribution in [-0.2, 0) is 7.05 Å². The Hall–Kier alpha value is -3.19. The van der Waals surface area contributed by atoms with Gasteiger partial charge in [-0.05, 0) is 54.4 Å². The summed E-state index contributed by atoms with van der Waals surface area (Å²) in [5.74, 6) is -0.797. The molecule has 0 bridgehead atoms. The van der Waals surface area contributed by atoms with E-state index >= 15 is 0 Å². The summed E-state index contributed by atoms with van der Waals surface area (Å²) in [6.45, 7) is 1.65. The van der Waals surface area contributed by atoms with E-state index in [1.54, 1.807) is 30.1 Å². The maximum atomic E-state index is 14.8. The largest absolute Gasteiger partial charge is 0.313 e. The molecule has 1 aliphatic rings. The second-order valence-corrected chi connectivity index (χ2v) is 7.00. The van der Waals surface area contributed by atoms with Gasteiger partial charge in [0.05, 0.1) is 11.2 Å². The number of hydrogen-bond donors (Lipinski definition) is 1. The monoisotopic (exact) mass is 377 g/mol. The Morgan fingerprint density at radius 3 is 2.68 bits per heavy atom.